The number of rotatable bonds is 3. The van der Waals surface area contributed by atoms with E-state index in [0.717, 1.165) is 28.6 Å². The molecule has 4 heteroatoms. The molecule has 3 nitrogen and oxygen atoms in total. The van der Waals surface area contributed by atoms with Gasteiger partial charge in [-0.3, -0.25) is 4.79 Å². The lowest BCUT2D eigenvalue weighted by atomic mass is 10.1. The smallest absolute Gasteiger partial charge is 0.159 e. The minimum Gasteiger partial charge on any atom is -0.490 e. The number of hydrogen-bond donors (Lipinski definition) is 0. The molecule has 0 bridgehead atoms. The van der Waals surface area contributed by atoms with Crippen LogP contribution in [0, 0.1) is 0 Å². The molecule has 0 aromatic heterocycles. The van der Waals surface area contributed by atoms with Crippen LogP contribution in [0.4, 0.5) is 5.69 Å². The summed E-state index contributed by atoms with van der Waals surface area (Å²) < 4.78 is 5.67. The number of ether oxygens (including phenoxy) is 1. The zero-order valence-corrected chi connectivity index (χ0v) is 12.6. The molecule has 0 radical (unpaired) electrons. The Kier molecular flexibility index (Phi) is 3.84. The second kappa shape index (κ2) is 5.78. The molecule has 1 heterocycles. The normalized spacial score (nSPS) is 13.5. The van der Waals surface area contributed by atoms with Gasteiger partial charge in [-0.15, -0.1) is 0 Å². The summed E-state index contributed by atoms with van der Waals surface area (Å²) in [5, 5.41) is 0.758. The van der Waals surface area contributed by atoms with Gasteiger partial charge in [0, 0.05) is 17.1 Å². The first kappa shape index (κ1) is 14.0. The Morgan fingerprint density at radius 3 is 2.86 bits per heavy atom. The van der Waals surface area contributed by atoms with Gasteiger partial charge in [0.25, 0.3) is 0 Å². The van der Waals surface area contributed by atoms with Crippen LogP contribution in [0.3, 0.4) is 0 Å². The molecule has 0 saturated carbocycles. The van der Waals surface area contributed by atoms with Crippen LogP contribution in [0.5, 0.6) is 5.75 Å². The van der Waals surface area contributed by atoms with E-state index in [-0.39, 0.29) is 5.78 Å². The molecule has 0 amide bonds. The zero-order chi connectivity index (χ0) is 14.8. The van der Waals surface area contributed by atoms with Crippen LogP contribution in [-0.2, 0) is 6.54 Å². The molecule has 1 aliphatic heterocycles. The number of nitrogens with zero attached hydrogens (tertiary/aromatic N) is 1. The van der Waals surface area contributed by atoms with E-state index in [1.165, 1.54) is 0 Å². The van der Waals surface area contributed by atoms with Gasteiger partial charge in [0.2, 0.25) is 0 Å². The van der Waals surface area contributed by atoms with Crippen molar-refractivity contribution in [2.45, 2.75) is 13.5 Å². The molecule has 0 fully saturated rings. The van der Waals surface area contributed by atoms with Crippen LogP contribution < -0.4 is 9.64 Å². The highest BCUT2D eigenvalue weighted by Crippen LogP contribution is 2.34. The summed E-state index contributed by atoms with van der Waals surface area (Å²) in [5.41, 5.74) is 2.72. The zero-order valence-electron chi connectivity index (χ0n) is 11.8. The standard InChI is InChI=1S/C17H16ClNO2/c1-12(20)13-6-7-17-16(10-13)19(8-9-21-17)11-14-4-2-3-5-15(14)18/h2-7,10H,8-9,11H2,1H3. The highest BCUT2D eigenvalue weighted by atomic mass is 35.5. The maximum absolute atomic E-state index is 11.6. The quantitative estimate of drug-likeness (QED) is 0.804. The maximum atomic E-state index is 11.6. The van der Waals surface area contributed by atoms with Crippen LogP contribution in [0.25, 0.3) is 0 Å². The number of benzene rings is 2. The van der Waals surface area contributed by atoms with Crippen molar-refractivity contribution in [3.05, 3.63) is 58.6 Å². The molecule has 2 aromatic rings. The second-order valence-electron chi connectivity index (χ2n) is 5.10. The Hall–Kier alpha value is -2.00. The van der Waals surface area contributed by atoms with Gasteiger partial charge in [0.05, 0.1) is 12.2 Å². The van der Waals surface area contributed by atoms with Crippen molar-refractivity contribution in [2.75, 3.05) is 18.1 Å². The lowest BCUT2D eigenvalue weighted by Gasteiger charge is -2.31. The van der Waals surface area contributed by atoms with Crippen molar-refractivity contribution in [1.29, 1.82) is 0 Å². The lowest BCUT2D eigenvalue weighted by molar-refractivity contribution is 0.101. The summed E-state index contributed by atoms with van der Waals surface area (Å²) in [5.74, 6) is 0.874. The van der Waals surface area contributed by atoms with Crippen molar-refractivity contribution in [3.8, 4) is 5.75 Å². The summed E-state index contributed by atoms with van der Waals surface area (Å²) >= 11 is 6.24. The monoisotopic (exact) mass is 301 g/mol. The number of halogens is 1. The second-order valence-corrected chi connectivity index (χ2v) is 5.51. The fraction of sp³-hybridized carbons (Fsp3) is 0.235. The predicted octanol–water partition coefficient (Wildman–Crippen LogP) is 3.94. The van der Waals surface area contributed by atoms with Crippen molar-refractivity contribution in [1.82, 2.24) is 0 Å². The number of carbonyl (C=O) groups excluding carboxylic acids is 1. The summed E-state index contributed by atoms with van der Waals surface area (Å²) in [6.45, 7) is 3.69. The van der Waals surface area contributed by atoms with Gasteiger partial charge in [-0.1, -0.05) is 29.8 Å². The molecule has 0 saturated heterocycles. The summed E-state index contributed by atoms with van der Waals surface area (Å²) in [6, 6.07) is 13.4. The number of anilines is 1. The topological polar surface area (TPSA) is 29.5 Å². The van der Waals surface area contributed by atoms with Crippen LogP contribution in [-0.4, -0.2) is 18.9 Å². The van der Waals surface area contributed by atoms with Crippen molar-refractivity contribution < 1.29 is 9.53 Å². The molecule has 108 valence electrons. The highest BCUT2D eigenvalue weighted by Gasteiger charge is 2.20. The van der Waals surface area contributed by atoms with Gasteiger partial charge < -0.3 is 9.64 Å². The highest BCUT2D eigenvalue weighted by molar-refractivity contribution is 6.31. The number of ketones is 1. The van der Waals surface area contributed by atoms with E-state index in [2.05, 4.69) is 4.90 Å². The molecule has 0 atom stereocenters. The predicted molar refractivity (Wildman–Crippen MR) is 84.4 cm³/mol. The van der Waals surface area contributed by atoms with Crippen molar-refractivity contribution in [2.24, 2.45) is 0 Å². The third-order valence-electron chi connectivity index (χ3n) is 3.64. The molecule has 21 heavy (non-hydrogen) atoms. The average Bonchev–Trinajstić information content (AvgIpc) is 2.49. The largest absolute Gasteiger partial charge is 0.490 e. The molecule has 0 aliphatic carbocycles. The van der Waals surface area contributed by atoms with Gasteiger partial charge in [-0.25, -0.2) is 0 Å². The van der Waals surface area contributed by atoms with Crippen molar-refractivity contribution in [3.63, 3.8) is 0 Å². The molecule has 3 rings (SSSR count). The average molecular weight is 302 g/mol. The van der Waals surface area contributed by atoms with Gasteiger partial charge in [0.1, 0.15) is 12.4 Å². The Morgan fingerprint density at radius 2 is 2.10 bits per heavy atom. The minimum atomic E-state index is 0.0565. The van der Waals surface area contributed by atoms with Gasteiger partial charge in [0.15, 0.2) is 5.78 Å². The van der Waals surface area contributed by atoms with Gasteiger partial charge in [-0.2, -0.15) is 0 Å². The molecular formula is C17H16ClNO2. The van der Waals surface area contributed by atoms with E-state index in [1.807, 2.05) is 36.4 Å². The van der Waals surface area contributed by atoms with E-state index in [1.54, 1.807) is 13.0 Å². The Labute approximate surface area is 129 Å². The molecule has 2 aromatic carbocycles. The Balaban J connectivity index is 1.94. The first-order chi connectivity index (χ1) is 10.1. The third-order valence-corrected chi connectivity index (χ3v) is 4.01. The molecule has 0 unspecified atom stereocenters. The minimum absolute atomic E-state index is 0.0565. The molecule has 0 N–H and O–H groups in total. The van der Waals surface area contributed by atoms with E-state index in [0.29, 0.717) is 18.7 Å². The molecular weight excluding hydrogens is 286 g/mol. The van der Waals surface area contributed by atoms with E-state index in [4.69, 9.17) is 16.3 Å². The van der Waals surface area contributed by atoms with E-state index < -0.39 is 0 Å². The number of carbonyl (C=O) groups is 1. The summed E-state index contributed by atoms with van der Waals surface area (Å²) in [4.78, 5) is 13.8. The first-order valence-corrected chi connectivity index (χ1v) is 7.29. The van der Waals surface area contributed by atoms with Crippen molar-refractivity contribution >= 4 is 23.1 Å². The Bertz CT molecular complexity index is 684. The van der Waals surface area contributed by atoms with Gasteiger partial charge >= 0.3 is 0 Å². The number of fused-ring (bicyclic) bond motifs is 1. The fourth-order valence-electron chi connectivity index (χ4n) is 2.49. The van der Waals surface area contributed by atoms with Crippen LogP contribution in [0.2, 0.25) is 5.02 Å². The SMILES string of the molecule is CC(=O)c1ccc2c(c1)N(Cc1ccccc1Cl)CCO2. The molecule has 1 aliphatic rings. The summed E-state index contributed by atoms with van der Waals surface area (Å²) in [7, 11) is 0. The number of hydrogen-bond acceptors (Lipinski definition) is 3. The molecule has 0 spiro atoms. The first-order valence-electron chi connectivity index (χ1n) is 6.91. The third kappa shape index (κ3) is 2.88. The van der Waals surface area contributed by atoms with Crippen LogP contribution in [0.15, 0.2) is 42.5 Å². The van der Waals surface area contributed by atoms with Crippen LogP contribution in [0.1, 0.15) is 22.8 Å². The van der Waals surface area contributed by atoms with Crippen LogP contribution >= 0.6 is 11.6 Å². The Morgan fingerprint density at radius 1 is 1.29 bits per heavy atom. The fourth-order valence-corrected chi connectivity index (χ4v) is 2.68. The maximum Gasteiger partial charge on any atom is 0.159 e. The van der Waals surface area contributed by atoms with Gasteiger partial charge in [-0.05, 0) is 36.8 Å². The lowest BCUT2D eigenvalue weighted by Crippen LogP contribution is -2.32. The summed E-state index contributed by atoms with van der Waals surface area (Å²) in [6.07, 6.45) is 0. The van der Waals surface area contributed by atoms with E-state index in [9.17, 15) is 4.79 Å². The number of Topliss-reactive ketones (excluding diaryl/α,β-unsaturated/α-hetero) is 1. The van der Waals surface area contributed by atoms with E-state index >= 15 is 0 Å².